The minimum absolute atomic E-state index is 0.0525. The van der Waals surface area contributed by atoms with E-state index in [0.29, 0.717) is 37.0 Å². The van der Waals surface area contributed by atoms with E-state index in [1.54, 1.807) is 6.07 Å². The maximum absolute atomic E-state index is 13.4. The highest BCUT2D eigenvalue weighted by Crippen LogP contribution is 2.25. The Hall–Kier alpha value is -2.42. The first-order valence-corrected chi connectivity index (χ1v) is 9.72. The molecule has 1 aromatic heterocycles. The molecule has 1 amide bonds. The Morgan fingerprint density at radius 2 is 2.15 bits per heavy atom. The Bertz CT molecular complexity index is 949. The molecular formula is C18H18F2N4O2S. The third-order valence-electron chi connectivity index (χ3n) is 4.91. The Kier molecular flexibility index (Phi) is 4.86. The summed E-state index contributed by atoms with van der Waals surface area (Å²) in [5.74, 6) is -1.20. The molecule has 9 heteroatoms. The third-order valence-corrected chi connectivity index (χ3v) is 5.88. The second kappa shape index (κ2) is 7.30. The molecule has 0 aliphatic carbocycles. The van der Waals surface area contributed by atoms with E-state index in [-0.39, 0.29) is 17.0 Å². The van der Waals surface area contributed by atoms with Crippen LogP contribution < -0.4 is 15.8 Å². The topological polar surface area (TPSA) is 67.2 Å². The van der Waals surface area contributed by atoms with E-state index >= 15 is 0 Å². The van der Waals surface area contributed by atoms with Gasteiger partial charge in [-0.2, -0.15) is 0 Å². The van der Waals surface area contributed by atoms with Crippen LogP contribution in [0, 0.1) is 17.6 Å². The van der Waals surface area contributed by atoms with Crippen molar-refractivity contribution in [1.82, 2.24) is 14.9 Å². The number of nitrogens with one attached hydrogen (secondary N) is 1. The van der Waals surface area contributed by atoms with Gasteiger partial charge in [-0.1, -0.05) is 11.8 Å². The first-order valence-electron chi connectivity index (χ1n) is 8.74. The molecule has 1 unspecified atom stereocenters. The Morgan fingerprint density at radius 1 is 1.30 bits per heavy atom. The largest absolute Gasteiger partial charge is 0.371 e. The number of rotatable bonds is 4. The molecule has 0 radical (unpaired) electrons. The summed E-state index contributed by atoms with van der Waals surface area (Å²) < 4.78 is 28.0. The summed E-state index contributed by atoms with van der Waals surface area (Å²) in [4.78, 5) is 30.9. The van der Waals surface area contributed by atoms with Gasteiger partial charge in [-0.25, -0.2) is 13.8 Å². The lowest BCUT2D eigenvalue weighted by Crippen LogP contribution is -2.36. The molecule has 4 rings (SSSR count). The van der Waals surface area contributed by atoms with Crippen LogP contribution in [-0.2, 0) is 6.54 Å². The number of thioether (sulfide) groups is 1. The smallest absolute Gasteiger partial charge is 0.267 e. The molecule has 0 spiro atoms. The molecule has 3 heterocycles. The zero-order valence-corrected chi connectivity index (χ0v) is 15.3. The van der Waals surface area contributed by atoms with Crippen LogP contribution in [0.25, 0.3) is 0 Å². The molecule has 1 N–H and O–H groups in total. The monoisotopic (exact) mass is 392 g/mol. The van der Waals surface area contributed by atoms with Crippen LogP contribution in [0.4, 0.5) is 14.5 Å². The maximum Gasteiger partial charge on any atom is 0.267 e. The van der Waals surface area contributed by atoms with Gasteiger partial charge in [0, 0.05) is 49.9 Å². The third kappa shape index (κ3) is 3.55. The van der Waals surface area contributed by atoms with E-state index < -0.39 is 17.5 Å². The fourth-order valence-corrected chi connectivity index (χ4v) is 4.33. The summed E-state index contributed by atoms with van der Waals surface area (Å²) in [6.45, 7) is 2.31. The molecule has 0 saturated carbocycles. The molecule has 1 atom stereocenters. The normalized spacial score (nSPS) is 18.6. The summed E-state index contributed by atoms with van der Waals surface area (Å²) >= 11 is 1.50. The van der Waals surface area contributed by atoms with E-state index in [2.05, 4.69) is 10.3 Å². The van der Waals surface area contributed by atoms with Crippen molar-refractivity contribution in [2.24, 2.45) is 5.92 Å². The SMILES string of the molecule is O=C(NCC1CCN(c2ccc(F)c(F)c2)C1)c1cnc2n(c1=O)CCS2. The van der Waals surface area contributed by atoms with Gasteiger partial charge in [-0.3, -0.25) is 14.2 Å². The van der Waals surface area contributed by atoms with E-state index in [9.17, 15) is 18.4 Å². The van der Waals surface area contributed by atoms with Gasteiger partial charge in [-0.15, -0.1) is 0 Å². The van der Waals surface area contributed by atoms with Crippen molar-refractivity contribution in [2.45, 2.75) is 18.1 Å². The second-order valence-electron chi connectivity index (χ2n) is 6.67. The van der Waals surface area contributed by atoms with Gasteiger partial charge in [0.2, 0.25) is 0 Å². The predicted molar refractivity (Wildman–Crippen MR) is 98.2 cm³/mol. The van der Waals surface area contributed by atoms with E-state index in [4.69, 9.17) is 0 Å². The average molecular weight is 392 g/mol. The minimum atomic E-state index is -0.869. The number of amides is 1. The number of benzene rings is 1. The standard InChI is InChI=1S/C18H18F2N4O2S/c19-14-2-1-12(7-15(14)20)23-4-3-11(10-23)8-21-16(25)13-9-22-18-24(17(13)26)5-6-27-18/h1-2,7,9,11H,3-6,8,10H2,(H,21,25). The van der Waals surface area contributed by atoms with Crippen molar-refractivity contribution in [2.75, 3.05) is 30.3 Å². The molecule has 1 saturated heterocycles. The van der Waals surface area contributed by atoms with E-state index in [1.807, 2.05) is 4.90 Å². The van der Waals surface area contributed by atoms with Crippen LogP contribution in [0.15, 0.2) is 34.3 Å². The number of aromatic nitrogens is 2. The highest BCUT2D eigenvalue weighted by molar-refractivity contribution is 7.99. The van der Waals surface area contributed by atoms with Crippen molar-refractivity contribution in [3.63, 3.8) is 0 Å². The Labute approximate surface area is 158 Å². The van der Waals surface area contributed by atoms with Crippen molar-refractivity contribution < 1.29 is 13.6 Å². The zero-order chi connectivity index (χ0) is 19.0. The number of fused-ring (bicyclic) bond motifs is 1. The number of hydrogen-bond donors (Lipinski definition) is 1. The summed E-state index contributed by atoms with van der Waals surface area (Å²) in [5.41, 5.74) is 0.371. The first kappa shape index (κ1) is 18.0. The number of hydrogen-bond acceptors (Lipinski definition) is 5. The minimum Gasteiger partial charge on any atom is -0.371 e. The molecular weight excluding hydrogens is 374 g/mol. The molecule has 1 aromatic carbocycles. The zero-order valence-electron chi connectivity index (χ0n) is 14.5. The number of carbonyl (C=O) groups is 1. The van der Waals surface area contributed by atoms with E-state index in [1.165, 1.54) is 28.6 Å². The van der Waals surface area contributed by atoms with Crippen molar-refractivity contribution in [1.29, 1.82) is 0 Å². The van der Waals surface area contributed by atoms with Crippen LogP contribution in [0.1, 0.15) is 16.8 Å². The summed E-state index contributed by atoms with van der Waals surface area (Å²) in [6, 6.07) is 3.85. The average Bonchev–Trinajstić information content (AvgIpc) is 3.32. The van der Waals surface area contributed by atoms with Crippen LogP contribution in [0.3, 0.4) is 0 Å². The van der Waals surface area contributed by atoms with Crippen LogP contribution in [-0.4, -0.2) is 40.8 Å². The first-order chi connectivity index (χ1) is 13.0. The van der Waals surface area contributed by atoms with Crippen molar-refractivity contribution in [3.05, 3.63) is 51.9 Å². The quantitative estimate of drug-likeness (QED) is 0.805. The van der Waals surface area contributed by atoms with Crippen molar-refractivity contribution >= 4 is 23.4 Å². The molecule has 2 aliphatic heterocycles. The molecule has 6 nitrogen and oxygen atoms in total. The van der Waals surface area contributed by atoms with E-state index in [0.717, 1.165) is 18.2 Å². The van der Waals surface area contributed by atoms with Gasteiger partial charge in [-0.05, 0) is 24.5 Å². The Morgan fingerprint density at radius 3 is 2.96 bits per heavy atom. The van der Waals surface area contributed by atoms with Crippen LogP contribution >= 0.6 is 11.8 Å². The predicted octanol–water partition coefficient (Wildman–Crippen LogP) is 1.88. The molecule has 1 fully saturated rings. The fraction of sp³-hybridized carbons (Fsp3) is 0.389. The van der Waals surface area contributed by atoms with Gasteiger partial charge in [0.05, 0.1) is 0 Å². The lowest BCUT2D eigenvalue weighted by atomic mass is 10.1. The highest BCUT2D eigenvalue weighted by Gasteiger charge is 2.25. The van der Waals surface area contributed by atoms with Gasteiger partial charge in [0.25, 0.3) is 11.5 Å². The lowest BCUT2D eigenvalue weighted by molar-refractivity contribution is 0.0945. The number of anilines is 1. The highest BCUT2D eigenvalue weighted by atomic mass is 32.2. The van der Waals surface area contributed by atoms with Crippen LogP contribution in [0.2, 0.25) is 0 Å². The molecule has 27 heavy (non-hydrogen) atoms. The molecule has 142 valence electrons. The molecule has 2 aromatic rings. The van der Waals surface area contributed by atoms with Gasteiger partial charge in [0.15, 0.2) is 16.8 Å². The summed E-state index contributed by atoms with van der Waals surface area (Å²) in [6.07, 6.45) is 2.15. The fourth-order valence-electron chi connectivity index (χ4n) is 3.42. The van der Waals surface area contributed by atoms with Crippen LogP contribution in [0.5, 0.6) is 0 Å². The Balaban J connectivity index is 1.36. The second-order valence-corrected chi connectivity index (χ2v) is 7.73. The lowest BCUT2D eigenvalue weighted by Gasteiger charge is -2.19. The number of halogens is 2. The summed E-state index contributed by atoms with van der Waals surface area (Å²) in [7, 11) is 0. The van der Waals surface area contributed by atoms with Gasteiger partial charge >= 0.3 is 0 Å². The summed E-state index contributed by atoms with van der Waals surface area (Å²) in [5, 5.41) is 3.45. The van der Waals surface area contributed by atoms with Gasteiger partial charge in [0.1, 0.15) is 5.56 Å². The number of carbonyl (C=O) groups excluding carboxylic acids is 1. The van der Waals surface area contributed by atoms with Gasteiger partial charge < -0.3 is 10.2 Å². The number of nitrogens with zero attached hydrogens (tertiary/aromatic N) is 3. The maximum atomic E-state index is 13.4. The van der Waals surface area contributed by atoms with Crippen molar-refractivity contribution in [3.8, 4) is 0 Å². The molecule has 0 bridgehead atoms. The molecule has 2 aliphatic rings.